The number of carbonyl (C=O) groups is 1. The van der Waals surface area contributed by atoms with E-state index in [-0.39, 0.29) is 22.8 Å². The molecule has 0 aliphatic carbocycles. The Morgan fingerprint density at radius 3 is 2.21 bits per heavy atom. The summed E-state index contributed by atoms with van der Waals surface area (Å²) in [5, 5.41) is 0.215. The van der Waals surface area contributed by atoms with E-state index in [1.807, 2.05) is 0 Å². The van der Waals surface area contributed by atoms with Gasteiger partial charge in [0.1, 0.15) is 10.9 Å². The number of carbonyl (C=O) groups excluding carboxylic acids is 1. The molecule has 0 spiro atoms. The second kappa shape index (κ2) is 9.96. The number of halogens is 1. The highest BCUT2D eigenvalue weighted by Crippen LogP contribution is 2.24. The van der Waals surface area contributed by atoms with E-state index >= 15 is 0 Å². The normalized spacial score (nSPS) is 22.0. The predicted octanol–water partition coefficient (Wildman–Crippen LogP) is 1.18. The van der Waals surface area contributed by atoms with E-state index < -0.39 is 10.0 Å². The quantitative estimate of drug-likeness (QED) is 0.467. The molecule has 0 aromatic heterocycles. The van der Waals surface area contributed by atoms with Gasteiger partial charge in [-0.05, 0) is 45.5 Å². The van der Waals surface area contributed by atoms with Crippen LogP contribution in [-0.4, -0.2) is 98.9 Å². The average Bonchev–Trinajstić information content (AvgIpc) is 2.70. The van der Waals surface area contributed by atoms with Gasteiger partial charge in [-0.15, -0.1) is 0 Å². The fourth-order valence-electron chi connectivity index (χ4n) is 3.83. The van der Waals surface area contributed by atoms with Gasteiger partial charge in [0.25, 0.3) is 5.91 Å². The minimum atomic E-state index is -3.15. The summed E-state index contributed by atoms with van der Waals surface area (Å²) >= 11 is 5.88. The van der Waals surface area contributed by atoms with E-state index in [2.05, 4.69) is 21.6 Å². The molecule has 2 rings (SSSR count). The largest absolute Gasteiger partial charge is 0.337 e. The molecule has 2 saturated heterocycles. The first-order valence-corrected chi connectivity index (χ1v) is 11.7. The molecule has 2 fully saturated rings. The third-order valence-electron chi connectivity index (χ3n) is 5.66. The van der Waals surface area contributed by atoms with Gasteiger partial charge in [0.05, 0.1) is 6.26 Å². The van der Waals surface area contributed by atoms with E-state index in [1.54, 1.807) is 19.0 Å². The maximum absolute atomic E-state index is 12.6. The molecule has 28 heavy (non-hydrogen) atoms. The fourth-order valence-corrected chi connectivity index (χ4v) is 4.69. The lowest BCUT2D eigenvalue weighted by atomic mass is 9.97. The third-order valence-corrected chi connectivity index (χ3v) is 7.29. The zero-order chi connectivity index (χ0) is 20.9. The summed E-state index contributed by atoms with van der Waals surface area (Å²) in [7, 11) is 0.0592. The Balaban J connectivity index is 1.87. The van der Waals surface area contributed by atoms with Crippen LogP contribution in [0.2, 0.25) is 0 Å². The van der Waals surface area contributed by atoms with Gasteiger partial charge < -0.3 is 9.80 Å². The van der Waals surface area contributed by atoms with Gasteiger partial charge >= 0.3 is 0 Å². The molecule has 0 bridgehead atoms. The Hall–Kier alpha value is -1.29. The van der Waals surface area contributed by atoms with Crippen molar-refractivity contribution in [3.8, 4) is 0 Å². The molecule has 1 amide bonds. The topological polar surface area (TPSA) is 85.7 Å². The summed E-state index contributed by atoms with van der Waals surface area (Å²) in [6.45, 7) is 6.52. The summed E-state index contributed by atoms with van der Waals surface area (Å²) < 4.78 is 24.9. The second-order valence-electron chi connectivity index (χ2n) is 7.30. The highest BCUT2D eigenvalue weighted by Gasteiger charge is 2.32. The summed E-state index contributed by atoms with van der Waals surface area (Å²) in [6.07, 6.45) is 6.14. The molecule has 2 aliphatic heterocycles. The maximum atomic E-state index is 12.6. The zero-order valence-electron chi connectivity index (χ0n) is 16.8. The lowest BCUT2D eigenvalue weighted by Crippen LogP contribution is -2.52. The molecule has 0 atom stereocenters. The Kier molecular flexibility index (Phi) is 8.18. The van der Waals surface area contributed by atoms with Gasteiger partial charge in [0.2, 0.25) is 10.0 Å². The number of likely N-dealkylation sites (tertiary alicyclic amines) is 2. The van der Waals surface area contributed by atoms with Crippen molar-refractivity contribution < 1.29 is 13.2 Å². The first-order chi connectivity index (χ1) is 13.2. The SMILES string of the molecule is C=N/C(=C\C(Cl)=NC)C(=O)N1CCC(N2CCC(N(C)S(C)(=O)=O)CC2)CC1. The van der Waals surface area contributed by atoms with Crippen molar-refractivity contribution in [3.05, 3.63) is 11.8 Å². The molecule has 2 heterocycles. The van der Waals surface area contributed by atoms with E-state index in [1.165, 1.54) is 16.6 Å². The van der Waals surface area contributed by atoms with E-state index in [0.29, 0.717) is 19.1 Å². The predicted molar refractivity (Wildman–Crippen MR) is 114 cm³/mol. The lowest BCUT2D eigenvalue weighted by molar-refractivity contribution is -0.128. The van der Waals surface area contributed by atoms with Crippen LogP contribution in [0.15, 0.2) is 21.8 Å². The minimum absolute atomic E-state index is 0.0734. The van der Waals surface area contributed by atoms with Gasteiger partial charge in [-0.2, -0.15) is 0 Å². The molecule has 8 nitrogen and oxygen atoms in total. The van der Waals surface area contributed by atoms with Crippen molar-refractivity contribution in [2.75, 3.05) is 46.5 Å². The van der Waals surface area contributed by atoms with Gasteiger partial charge in [0.15, 0.2) is 0 Å². The number of nitrogens with zero attached hydrogens (tertiary/aromatic N) is 5. The maximum Gasteiger partial charge on any atom is 0.272 e. The van der Waals surface area contributed by atoms with Gasteiger partial charge in [0, 0.05) is 45.3 Å². The molecule has 0 N–H and O–H groups in total. The van der Waals surface area contributed by atoms with Crippen molar-refractivity contribution in [2.45, 2.75) is 37.8 Å². The number of rotatable bonds is 6. The van der Waals surface area contributed by atoms with Crippen molar-refractivity contribution in [1.82, 2.24) is 14.1 Å². The summed E-state index contributed by atoms with van der Waals surface area (Å²) in [6, 6.07) is 0.489. The molecule has 2 aliphatic rings. The standard InChI is InChI=1S/C18H30ClN5O3S/c1-20-16(13-17(19)21-2)18(25)24-11-7-15(8-12-24)23-9-5-14(6-10-23)22(3)28(4,26)27/h13-15H,1,5-12H2,2-4H3/b16-13-,21-17?. The van der Waals surface area contributed by atoms with Crippen LogP contribution in [0, 0.1) is 0 Å². The minimum Gasteiger partial charge on any atom is -0.337 e. The van der Waals surface area contributed by atoms with Crippen LogP contribution in [0.3, 0.4) is 0 Å². The molecule has 158 valence electrons. The summed E-state index contributed by atoms with van der Waals surface area (Å²) in [5.41, 5.74) is 0.207. The van der Waals surface area contributed by atoms with E-state index in [0.717, 1.165) is 38.8 Å². The van der Waals surface area contributed by atoms with Crippen LogP contribution in [-0.2, 0) is 14.8 Å². The van der Waals surface area contributed by atoms with Crippen molar-refractivity contribution in [2.24, 2.45) is 9.98 Å². The van der Waals surface area contributed by atoms with Crippen LogP contribution in [0.25, 0.3) is 0 Å². The zero-order valence-corrected chi connectivity index (χ0v) is 18.4. The monoisotopic (exact) mass is 431 g/mol. The van der Waals surface area contributed by atoms with Gasteiger partial charge in [-0.3, -0.25) is 14.8 Å². The number of piperidine rings is 2. The molecule has 0 saturated carbocycles. The van der Waals surface area contributed by atoms with Crippen molar-refractivity contribution in [3.63, 3.8) is 0 Å². The Morgan fingerprint density at radius 2 is 1.75 bits per heavy atom. The molecule has 0 aromatic rings. The average molecular weight is 432 g/mol. The van der Waals surface area contributed by atoms with Crippen molar-refractivity contribution >= 4 is 39.4 Å². The lowest BCUT2D eigenvalue weighted by Gasteiger charge is -2.43. The Labute approximate surface area is 173 Å². The molecule has 0 radical (unpaired) electrons. The van der Waals surface area contributed by atoms with Gasteiger partial charge in [-0.1, -0.05) is 11.6 Å². The fraction of sp³-hybridized carbons (Fsp3) is 0.722. The van der Waals surface area contributed by atoms with Crippen LogP contribution >= 0.6 is 11.6 Å². The van der Waals surface area contributed by atoms with Crippen LogP contribution in [0.1, 0.15) is 25.7 Å². The number of amides is 1. The molecule has 10 heteroatoms. The second-order valence-corrected chi connectivity index (χ2v) is 9.73. The van der Waals surface area contributed by atoms with E-state index in [4.69, 9.17) is 11.6 Å². The van der Waals surface area contributed by atoms with Crippen LogP contribution in [0.4, 0.5) is 0 Å². The first kappa shape index (κ1) is 23.0. The number of aliphatic imine (C=N–C) groups is 2. The number of sulfonamides is 1. The summed E-state index contributed by atoms with van der Waals surface area (Å²) in [5.74, 6) is -0.177. The molecule has 0 aromatic carbocycles. The van der Waals surface area contributed by atoms with Crippen molar-refractivity contribution in [1.29, 1.82) is 0 Å². The summed E-state index contributed by atoms with van der Waals surface area (Å²) in [4.78, 5) is 24.4. The first-order valence-electron chi connectivity index (χ1n) is 9.44. The van der Waals surface area contributed by atoms with Crippen LogP contribution < -0.4 is 0 Å². The van der Waals surface area contributed by atoms with Gasteiger partial charge in [-0.25, -0.2) is 12.7 Å². The number of hydrogen-bond acceptors (Lipinski definition) is 6. The highest BCUT2D eigenvalue weighted by atomic mass is 35.5. The Morgan fingerprint density at radius 1 is 1.18 bits per heavy atom. The highest BCUT2D eigenvalue weighted by molar-refractivity contribution is 7.88. The molecular formula is C18H30ClN5O3S. The number of allylic oxidation sites excluding steroid dienone is 1. The van der Waals surface area contributed by atoms with E-state index in [9.17, 15) is 13.2 Å². The molecular weight excluding hydrogens is 402 g/mol. The third kappa shape index (κ3) is 5.85. The number of hydrogen-bond donors (Lipinski definition) is 0. The van der Waals surface area contributed by atoms with Crippen LogP contribution in [0.5, 0.6) is 0 Å². The smallest absolute Gasteiger partial charge is 0.272 e. The molecule has 0 unspecified atom stereocenters. The Bertz CT molecular complexity index is 736.